The highest BCUT2D eigenvalue weighted by Crippen LogP contribution is 1.84. The van der Waals surface area contributed by atoms with Crippen LogP contribution in [-0.4, -0.2) is 37.6 Å². The lowest BCUT2D eigenvalue weighted by atomic mass is 10.3. The second-order valence-electron chi connectivity index (χ2n) is 2.85. The van der Waals surface area contributed by atoms with Crippen LogP contribution in [0.3, 0.4) is 0 Å². The summed E-state index contributed by atoms with van der Waals surface area (Å²) in [5, 5.41) is 4.65. The van der Waals surface area contributed by atoms with Crippen LogP contribution in [0.15, 0.2) is 0 Å². The standard InChI is InChI=1S/C8H15N3O4/c1-5(11-8(9)14)7(13)10-4-3-6(12)15-2/h5H,3-4H2,1-2H3,(H,10,13)(H3,9,11,14). The molecule has 0 aromatic carbocycles. The zero-order valence-corrected chi connectivity index (χ0v) is 8.70. The van der Waals surface area contributed by atoms with Crippen LogP contribution < -0.4 is 16.4 Å². The number of ether oxygens (including phenoxy) is 1. The number of nitrogens with two attached hydrogens (primary N) is 1. The fourth-order valence-corrected chi connectivity index (χ4v) is 0.822. The van der Waals surface area contributed by atoms with Crippen molar-refractivity contribution in [3.05, 3.63) is 0 Å². The first kappa shape index (κ1) is 13.2. The fourth-order valence-electron chi connectivity index (χ4n) is 0.822. The zero-order valence-electron chi connectivity index (χ0n) is 8.70. The molecule has 0 bridgehead atoms. The molecule has 1 unspecified atom stereocenters. The Morgan fingerprint density at radius 1 is 1.40 bits per heavy atom. The van der Waals surface area contributed by atoms with Crippen LogP contribution in [0.4, 0.5) is 4.79 Å². The lowest BCUT2D eigenvalue weighted by molar-refractivity contribution is -0.140. The van der Waals surface area contributed by atoms with E-state index in [4.69, 9.17) is 5.73 Å². The van der Waals surface area contributed by atoms with Crippen LogP contribution in [0.25, 0.3) is 0 Å². The molecule has 0 radical (unpaired) electrons. The van der Waals surface area contributed by atoms with E-state index in [1.165, 1.54) is 14.0 Å². The van der Waals surface area contributed by atoms with E-state index in [0.717, 1.165) is 0 Å². The van der Waals surface area contributed by atoms with Crippen LogP contribution in [0, 0.1) is 0 Å². The smallest absolute Gasteiger partial charge is 0.312 e. The molecular weight excluding hydrogens is 202 g/mol. The average molecular weight is 217 g/mol. The van der Waals surface area contributed by atoms with Gasteiger partial charge in [-0.3, -0.25) is 9.59 Å². The number of nitrogens with one attached hydrogen (secondary N) is 2. The molecule has 0 aliphatic carbocycles. The fraction of sp³-hybridized carbons (Fsp3) is 0.625. The van der Waals surface area contributed by atoms with Crippen molar-refractivity contribution in [1.29, 1.82) is 0 Å². The van der Waals surface area contributed by atoms with E-state index in [0.29, 0.717) is 0 Å². The minimum Gasteiger partial charge on any atom is -0.469 e. The SMILES string of the molecule is COC(=O)CCNC(=O)C(C)NC(N)=O. The number of amides is 3. The van der Waals surface area contributed by atoms with Gasteiger partial charge in [-0.1, -0.05) is 0 Å². The minimum atomic E-state index is -0.773. The van der Waals surface area contributed by atoms with E-state index in [2.05, 4.69) is 15.4 Å². The Morgan fingerprint density at radius 2 is 2.00 bits per heavy atom. The molecule has 0 spiro atoms. The highest BCUT2D eigenvalue weighted by atomic mass is 16.5. The van der Waals surface area contributed by atoms with Crippen molar-refractivity contribution < 1.29 is 19.1 Å². The van der Waals surface area contributed by atoms with Crippen LogP contribution in [0.5, 0.6) is 0 Å². The summed E-state index contributed by atoms with van der Waals surface area (Å²) in [5.41, 5.74) is 4.83. The van der Waals surface area contributed by atoms with Crippen molar-refractivity contribution in [2.75, 3.05) is 13.7 Å². The van der Waals surface area contributed by atoms with Gasteiger partial charge in [-0.2, -0.15) is 0 Å². The van der Waals surface area contributed by atoms with Gasteiger partial charge >= 0.3 is 12.0 Å². The van der Waals surface area contributed by atoms with E-state index >= 15 is 0 Å². The Hall–Kier alpha value is -1.79. The van der Waals surface area contributed by atoms with Crippen LogP contribution >= 0.6 is 0 Å². The first-order valence-corrected chi connectivity index (χ1v) is 4.38. The number of urea groups is 1. The number of hydrogen-bond acceptors (Lipinski definition) is 4. The first-order chi connectivity index (χ1) is 6.97. The summed E-state index contributed by atoms with van der Waals surface area (Å²) in [6.07, 6.45) is 0.0888. The molecular formula is C8H15N3O4. The molecule has 0 aliphatic heterocycles. The van der Waals surface area contributed by atoms with Crippen molar-refractivity contribution in [3.63, 3.8) is 0 Å². The van der Waals surface area contributed by atoms with Gasteiger partial charge in [0.1, 0.15) is 6.04 Å². The summed E-state index contributed by atoms with van der Waals surface area (Å²) in [4.78, 5) is 32.3. The lowest BCUT2D eigenvalue weighted by Gasteiger charge is -2.11. The molecule has 7 heteroatoms. The third kappa shape index (κ3) is 6.30. The highest BCUT2D eigenvalue weighted by Gasteiger charge is 2.13. The second-order valence-corrected chi connectivity index (χ2v) is 2.85. The Morgan fingerprint density at radius 3 is 2.47 bits per heavy atom. The molecule has 15 heavy (non-hydrogen) atoms. The molecule has 0 aromatic heterocycles. The van der Waals surface area contributed by atoms with Crippen molar-refractivity contribution in [2.24, 2.45) is 5.73 Å². The molecule has 0 heterocycles. The van der Waals surface area contributed by atoms with Gasteiger partial charge in [0.15, 0.2) is 0 Å². The number of carbonyl (C=O) groups is 3. The van der Waals surface area contributed by atoms with Crippen molar-refractivity contribution in [1.82, 2.24) is 10.6 Å². The predicted molar refractivity (Wildman–Crippen MR) is 51.8 cm³/mol. The molecule has 0 rings (SSSR count). The topological polar surface area (TPSA) is 111 Å². The van der Waals surface area contributed by atoms with Gasteiger partial charge in [-0.15, -0.1) is 0 Å². The summed E-state index contributed by atoms with van der Waals surface area (Å²) in [7, 11) is 1.27. The number of esters is 1. The van der Waals surface area contributed by atoms with Crippen LogP contribution in [0.2, 0.25) is 0 Å². The predicted octanol–water partition coefficient (Wildman–Crippen LogP) is -1.28. The molecule has 4 N–H and O–H groups in total. The molecule has 1 atom stereocenters. The van der Waals surface area contributed by atoms with E-state index in [1.54, 1.807) is 0 Å². The van der Waals surface area contributed by atoms with Gasteiger partial charge in [0.05, 0.1) is 13.5 Å². The summed E-state index contributed by atoms with van der Waals surface area (Å²) in [6, 6.07) is -1.49. The van der Waals surface area contributed by atoms with Gasteiger partial charge < -0.3 is 21.1 Å². The molecule has 0 saturated heterocycles. The van der Waals surface area contributed by atoms with E-state index < -0.39 is 23.9 Å². The second kappa shape index (κ2) is 6.63. The van der Waals surface area contributed by atoms with Crippen LogP contribution in [0.1, 0.15) is 13.3 Å². The van der Waals surface area contributed by atoms with E-state index in [-0.39, 0.29) is 13.0 Å². The molecule has 0 aliphatic rings. The largest absolute Gasteiger partial charge is 0.469 e. The molecule has 0 saturated carbocycles. The number of primary amides is 1. The Balaban J connectivity index is 3.73. The molecule has 0 aromatic rings. The number of carbonyl (C=O) groups excluding carboxylic acids is 3. The first-order valence-electron chi connectivity index (χ1n) is 4.38. The van der Waals surface area contributed by atoms with Crippen LogP contribution in [-0.2, 0) is 14.3 Å². The normalized spacial score (nSPS) is 11.3. The van der Waals surface area contributed by atoms with Crippen molar-refractivity contribution in [3.8, 4) is 0 Å². The quantitative estimate of drug-likeness (QED) is 0.498. The highest BCUT2D eigenvalue weighted by molar-refractivity contribution is 5.86. The number of hydrogen-bond donors (Lipinski definition) is 3. The summed E-state index contributed by atoms with van der Waals surface area (Å²) >= 11 is 0. The molecule has 86 valence electrons. The zero-order chi connectivity index (χ0) is 11.8. The van der Waals surface area contributed by atoms with E-state index in [1.807, 2.05) is 0 Å². The number of rotatable bonds is 5. The summed E-state index contributed by atoms with van der Waals surface area (Å²) in [6.45, 7) is 1.65. The van der Waals surface area contributed by atoms with E-state index in [9.17, 15) is 14.4 Å². The Labute approximate surface area is 87.3 Å². The summed E-state index contributed by atoms with van der Waals surface area (Å²) in [5.74, 6) is -0.816. The number of methoxy groups -OCH3 is 1. The van der Waals surface area contributed by atoms with Gasteiger partial charge in [0, 0.05) is 6.54 Å². The monoisotopic (exact) mass is 217 g/mol. The van der Waals surface area contributed by atoms with Gasteiger partial charge in [-0.25, -0.2) is 4.79 Å². The Bertz CT molecular complexity index is 254. The molecule has 7 nitrogen and oxygen atoms in total. The average Bonchev–Trinajstić information content (AvgIpc) is 2.16. The summed E-state index contributed by atoms with van der Waals surface area (Å²) < 4.78 is 4.38. The minimum absolute atomic E-state index is 0.0888. The van der Waals surface area contributed by atoms with Crippen molar-refractivity contribution >= 4 is 17.9 Å². The van der Waals surface area contributed by atoms with Gasteiger partial charge in [0.2, 0.25) is 5.91 Å². The van der Waals surface area contributed by atoms with Crippen molar-refractivity contribution in [2.45, 2.75) is 19.4 Å². The maximum atomic E-state index is 11.2. The van der Waals surface area contributed by atoms with Gasteiger partial charge in [0.25, 0.3) is 0 Å². The maximum Gasteiger partial charge on any atom is 0.312 e. The molecule has 0 fully saturated rings. The van der Waals surface area contributed by atoms with Gasteiger partial charge in [-0.05, 0) is 6.92 Å². The third-order valence-electron chi connectivity index (χ3n) is 1.61. The maximum absolute atomic E-state index is 11.2. The molecule has 3 amide bonds. The third-order valence-corrected chi connectivity index (χ3v) is 1.61. The Kier molecular flexibility index (Phi) is 5.84. The lowest BCUT2D eigenvalue weighted by Crippen LogP contribution is -2.47.